The standard InChI is InChI=1S/C22H19NO6S/c1-25-14-5-6-17-12(7-14)8-15(22(24)29-17)16-11-30-21(23-16)13-9-18(26-2)20(28-4)19(10-13)27-3/h5-11H,1-4H3. The molecule has 0 N–H and O–H groups in total. The first-order chi connectivity index (χ1) is 14.6. The lowest BCUT2D eigenvalue weighted by molar-refractivity contribution is 0.324. The molecule has 0 aliphatic heterocycles. The Morgan fingerprint density at radius 3 is 2.27 bits per heavy atom. The molecular weight excluding hydrogens is 406 g/mol. The highest BCUT2D eigenvalue weighted by Gasteiger charge is 2.17. The SMILES string of the molecule is COc1ccc2oc(=O)c(-c3csc(-c4cc(OC)c(OC)c(OC)c4)n3)cc2c1. The summed E-state index contributed by atoms with van der Waals surface area (Å²) in [4.78, 5) is 17.2. The van der Waals surface area contributed by atoms with E-state index in [1.165, 1.54) is 11.3 Å². The molecule has 2 heterocycles. The normalized spacial score (nSPS) is 10.8. The molecule has 2 aromatic carbocycles. The van der Waals surface area contributed by atoms with Crippen LogP contribution in [0.2, 0.25) is 0 Å². The van der Waals surface area contributed by atoms with Crippen molar-refractivity contribution in [2.45, 2.75) is 0 Å². The van der Waals surface area contributed by atoms with Gasteiger partial charge < -0.3 is 23.4 Å². The van der Waals surface area contributed by atoms with Crippen LogP contribution in [0.5, 0.6) is 23.0 Å². The molecule has 0 fully saturated rings. The van der Waals surface area contributed by atoms with Crippen LogP contribution in [0.15, 0.2) is 51.0 Å². The van der Waals surface area contributed by atoms with Crippen LogP contribution in [-0.2, 0) is 0 Å². The van der Waals surface area contributed by atoms with Crippen LogP contribution in [-0.4, -0.2) is 33.4 Å². The maximum atomic E-state index is 12.5. The van der Waals surface area contributed by atoms with E-state index in [1.807, 2.05) is 23.6 Å². The van der Waals surface area contributed by atoms with Crippen molar-refractivity contribution in [3.05, 3.63) is 52.2 Å². The van der Waals surface area contributed by atoms with Crippen molar-refractivity contribution in [1.82, 2.24) is 4.98 Å². The van der Waals surface area contributed by atoms with E-state index in [0.29, 0.717) is 44.8 Å². The first-order valence-corrected chi connectivity index (χ1v) is 9.84. The molecule has 0 aliphatic rings. The van der Waals surface area contributed by atoms with Gasteiger partial charge in [-0.25, -0.2) is 9.78 Å². The zero-order valence-electron chi connectivity index (χ0n) is 16.8. The average molecular weight is 425 g/mol. The number of thiazole rings is 1. The highest BCUT2D eigenvalue weighted by atomic mass is 32.1. The summed E-state index contributed by atoms with van der Waals surface area (Å²) in [6, 6.07) is 10.7. The number of fused-ring (bicyclic) bond motifs is 1. The van der Waals surface area contributed by atoms with Gasteiger partial charge in [-0.3, -0.25) is 0 Å². The third-order valence-electron chi connectivity index (χ3n) is 4.63. The molecule has 0 amide bonds. The Kier molecular flexibility index (Phi) is 5.33. The van der Waals surface area contributed by atoms with Crippen LogP contribution in [0.3, 0.4) is 0 Å². The Morgan fingerprint density at radius 2 is 1.63 bits per heavy atom. The summed E-state index contributed by atoms with van der Waals surface area (Å²) in [6.07, 6.45) is 0. The van der Waals surface area contributed by atoms with Crippen molar-refractivity contribution in [3.63, 3.8) is 0 Å². The van der Waals surface area contributed by atoms with Crippen LogP contribution in [0.4, 0.5) is 0 Å². The van der Waals surface area contributed by atoms with Crippen LogP contribution in [0.25, 0.3) is 32.8 Å². The number of nitrogens with zero attached hydrogens (tertiary/aromatic N) is 1. The number of aromatic nitrogens is 1. The topological polar surface area (TPSA) is 80.0 Å². The maximum Gasteiger partial charge on any atom is 0.345 e. The van der Waals surface area contributed by atoms with Gasteiger partial charge in [-0.15, -0.1) is 11.3 Å². The van der Waals surface area contributed by atoms with Gasteiger partial charge in [-0.1, -0.05) is 0 Å². The molecule has 4 aromatic rings. The Bertz CT molecular complexity index is 1250. The van der Waals surface area contributed by atoms with Gasteiger partial charge in [0.15, 0.2) is 11.5 Å². The summed E-state index contributed by atoms with van der Waals surface area (Å²) in [7, 11) is 6.26. The number of hydrogen-bond acceptors (Lipinski definition) is 8. The third-order valence-corrected chi connectivity index (χ3v) is 5.52. The lowest BCUT2D eigenvalue weighted by Crippen LogP contribution is -2.03. The molecule has 0 radical (unpaired) electrons. The quantitative estimate of drug-likeness (QED) is 0.417. The summed E-state index contributed by atoms with van der Waals surface area (Å²) < 4.78 is 26.9. The molecule has 7 nitrogen and oxygen atoms in total. The van der Waals surface area contributed by atoms with Crippen molar-refractivity contribution in [2.24, 2.45) is 0 Å². The second-order valence-corrected chi connectivity index (χ2v) is 7.16. The van der Waals surface area contributed by atoms with Crippen LogP contribution in [0.1, 0.15) is 0 Å². The summed E-state index contributed by atoms with van der Waals surface area (Å²) >= 11 is 1.40. The average Bonchev–Trinajstić information content (AvgIpc) is 3.27. The number of methoxy groups -OCH3 is 4. The van der Waals surface area contributed by atoms with Gasteiger partial charge in [0, 0.05) is 16.3 Å². The van der Waals surface area contributed by atoms with E-state index >= 15 is 0 Å². The largest absolute Gasteiger partial charge is 0.497 e. The van der Waals surface area contributed by atoms with Crippen LogP contribution < -0.4 is 24.6 Å². The van der Waals surface area contributed by atoms with E-state index in [4.69, 9.17) is 23.4 Å². The Morgan fingerprint density at radius 1 is 0.900 bits per heavy atom. The molecule has 0 unspecified atom stereocenters. The van der Waals surface area contributed by atoms with E-state index in [9.17, 15) is 4.79 Å². The molecule has 0 aliphatic carbocycles. The van der Waals surface area contributed by atoms with E-state index in [2.05, 4.69) is 4.98 Å². The van der Waals surface area contributed by atoms with Gasteiger partial charge in [0.25, 0.3) is 0 Å². The third kappa shape index (κ3) is 3.46. The number of rotatable bonds is 6. The second kappa shape index (κ2) is 8.08. The highest BCUT2D eigenvalue weighted by Crippen LogP contribution is 2.42. The molecule has 0 atom stereocenters. The first-order valence-electron chi connectivity index (χ1n) is 8.96. The summed E-state index contributed by atoms with van der Waals surface area (Å²) in [6.45, 7) is 0. The Labute approximate surface area is 176 Å². The van der Waals surface area contributed by atoms with Gasteiger partial charge in [-0.2, -0.15) is 0 Å². The molecule has 0 bridgehead atoms. The predicted molar refractivity (Wildman–Crippen MR) is 115 cm³/mol. The van der Waals surface area contributed by atoms with Gasteiger partial charge >= 0.3 is 5.63 Å². The molecule has 154 valence electrons. The zero-order chi connectivity index (χ0) is 21.3. The molecule has 0 saturated carbocycles. The van der Waals surface area contributed by atoms with Crippen molar-refractivity contribution >= 4 is 22.3 Å². The van der Waals surface area contributed by atoms with E-state index in [0.717, 1.165) is 10.9 Å². The van der Waals surface area contributed by atoms with Gasteiger partial charge in [-0.05, 0) is 36.4 Å². The first kappa shape index (κ1) is 19.8. The predicted octanol–water partition coefficient (Wildman–Crippen LogP) is 4.62. The smallest absolute Gasteiger partial charge is 0.345 e. The van der Waals surface area contributed by atoms with Crippen molar-refractivity contribution < 1.29 is 23.4 Å². The molecule has 30 heavy (non-hydrogen) atoms. The monoisotopic (exact) mass is 425 g/mol. The number of benzene rings is 2. The second-order valence-electron chi connectivity index (χ2n) is 6.30. The fourth-order valence-electron chi connectivity index (χ4n) is 3.14. The van der Waals surface area contributed by atoms with Crippen molar-refractivity contribution in [2.75, 3.05) is 28.4 Å². The molecule has 0 saturated heterocycles. The van der Waals surface area contributed by atoms with Gasteiger partial charge in [0.2, 0.25) is 5.75 Å². The minimum absolute atomic E-state index is 0.380. The molecule has 8 heteroatoms. The van der Waals surface area contributed by atoms with Crippen molar-refractivity contribution in [1.29, 1.82) is 0 Å². The lowest BCUT2D eigenvalue weighted by atomic mass is 10.1. The molecule has 4 rings (SSSR count). The minimum atomic E-state index is -0.450. The van der Waals surface area contributed by atoms with Crippen LogP contribution in [0, 0.1) is 0 Å². The fourth-order valence-corrected chi connectivity index (χ4v) is 3.95. The molecule has 0 spiro atoms. The minimum Gasteiger partial charge on any atom is -0.497 e. The van der Waals surface area contributed by atoms with E-state index in [-0.39, 0.29) is 0 Å². The lowest BCUT2D eigenvalue weighted by Gasteiger charge is -2.13. The van der Waals surface area contributed by atoms with E-state index in [1.54, 1.807) is 46.6 Å². The Hall–Kier alpha value is -3.52. The zero-order valence-corrected chi connectivity index (χ0v) is 17.7. The fraction of sp³-hybridized carbons (Fsp3) is 0.182. The molecule has 2 aromatic heterocycles. The summed E-state index contributed by atoms with van der Waals surface area (Å²) in [5, 5.41) is 3.28. The maximum absolute atomic E-state index is 12.5. The number of hydrogen-bond donors (Lipinski definition) is 0. The highest BCUT2D eigenvalue weighted by molar-refractivity contribution is 7.13. The Balaban J connectivity index is 1.80. The van der Waals surface area contributed by atoms with Gasteiger partial charge in [0.05, 0.1) is 39.7 Å². The van der Waals surface area contributed by atoms with Crippen molar-refractivity contribution in [3.8, 4) is 44.8 Å². The van der Waals surface area contributed by atoms with Gasteiger partial charge in [0.1, 0.15) is 16.3 Å². The van der Waals surface area contributed by atoms with E-state index < -0.39 is 5.63 Å². The summed E-state index contributed by atoms with van der Waals surface area (Å²) in [5.41, 5.74) is 1.74. The summed E-state index contributed by atoms with van der Waals surface area (Å²) in [5.74, 6) is 2.24. The number of ether oxygens (including phenoxy) is 4. The molecular formula is C22H19NO6S. The van der Waals surface area contributed by atoms with Crippen LogP contribution >= 0.6 is 11.3 Å².